The second kappa shape index (κ2) is 11.1. The summed E-state index contributed by atoms with van der Waals surface area (Å²) < 4.78 is 33.9. The van der Waals surface area contributed by atoms with Crippen LogP contribution in [0.4, 0.5) is 16.2 Å². The summed E-state index contributed by atoms with van der Waals surface area (Å²) in [5.41, 5.74) is 2.85. The fourth-order valence-electron chi connectivity index (χ4n) is 3.74. The summed E-state index contributed by atoms with van der Waals surface area (Å²) in [5, 5.41) is 9.96. The summed E-state index contributed by atoms with van der Waals surface area (Å²) >= 11 is 0. The summed E-state index contributed by atoms with van der Waals surface area (Å²) in [5.74, 6) is 0.720. The number of carbonyl (C=O) groups is 1. The Hall–Kier alpha value is -3.43. The molecule has 0 aliphatic carbocycles. The third kappa shape index (κ3) is 5.92. The van der Waals surface area contributed by atoms with E-state index in [1.165, 1.54) is 6.08 Å². The number of rotatable bonds is 9. The third-order valence-electron chi connectivity index (χ3n) is 5.46. The van der Waals surface area contributed by atoms with Gasteiger partial charge in [-0.2, -0.15) is 0 Å². The minimum absolute atomic E-state index is 0.0886. The zero-order chi connectivity index (χ0) is 24.7. The topological polar surface area (TPSA) is 112 Å². The van der Waals surface area contributed by atoms with Gasteiger partial charge < -0.3 is 15.5 Å². The summed E-state index contributed by atoms with van der Waals surface area (Å²) in [6.07, 6.45) is 6.75. The molecule has 2 amide bonds. The summed E-state index contributed by atoms with van der Waals surface area (Å²) in [4.78, 5) is 14.8. The van der Waals surface area contributed by atoms with Gasteiger partial charge >= 0.3 is 6.03 Å². The number of amides is 2. The fraction of sp³-hybridized carbons (Fsp3) is 0.280. The van der Waals surface area contributed by atoms with Gasteiger partial charge in [-0.25, -0.2) is 17.9 Å². The maximum atomic E-state index is 13.1. The van der Waals surface area contributed by atoms with E-state index >= 15 is 0 Å². The Labute approximate surface area is 200 Å². The predicted octanol–water partition coefficient (Wildman–Crippen LogP) is 4.50. The van der Waals surface area contributed by atoms with E-state index in [0.29, 0.717) is 24.4 Å². The number of fused-ring (bicyclic) bond motifs is 1. The average Bonchev–Trinajstić information content (AvgIpc) is 3.15. The van der Waals surface area contributed by atoms with Crippen LogP contribution < -0.4 is 19.7 Å². The van der Waals surface area contributed by atoms with Gasteiger partial charge in [0.15, 0.2) is 0 Å². The van der Waals surface area contributed by atoms with Gasteiger partial charge in [-0.15, -0.1) is 0 Å². The molecule has 1 unspecified atom stereocenters. The number of hydrogen-bond donors (Lipinski definition) is 3. The molecule has 34 heavy (non-hydrogen) atoms. The molecule has 2 aromatic rings. The van der Waals surface area contributed by atoms with Gasteiger partial charge in [0.25, 0.3) is 0 Å². The molecular weight excluding hydrogens is 452 g/mol. The number of urea groups is 1. The van der Waals surface area contributed by atoms with Gasteiger partial charge in [0.05, 0.1) is 17.2 Å². The van der Waals surface area contributed by atoms with Crippen molar-refractivity contribution in [2.75, 3.05) is 23.4 Å². The highest BCUT2D eigenvalue weighted by molar-refractivity contribution is 7.89. The molecule has 3 rings (SSSR count). The van der Waals surface area contributed by atoms with E-state index in [9.17, 15) is 13.2 Å². The molecule has 9 heteroatoms. The van der Waals surface area contributed by atoms with Gasteiger partial charge in [-0.1, -0.05) is 18.2 Å². The van der Waals surface area contributed by atoms with Crippen molar-refractivity contribution in [3.05, 3.63) is 71.8 Å². The molecule has 0 spiro atoms. The van der Waals surface area contributed by atoms with E-state index in [-0.39, 0.29) is 23.5 Å². The first kappa shape index (κ1) is 25.2. The van der Waals surface area contributed by atoms with E-state index in [1.54, 1.807) is 66.4 Å². The summed E-state index contributed by atoms with van der Waals surface area (Å²) in [6, 6.07) is 11.5. The van der Waals surface area contributed by atoms with Crippen LogP contribution >= 0.6 is 0 Å². The predicted molar refractivity (Wildman–Crippen MR) is 136 cm³/mol. The molecule has 2 aromatic carbocycles. The van der Waals surface area contributed by atoms with Gasteiger partial charge in [-0.05, 0) is 80.8 Å². The molecular formula is C25H30N4O4S. The lowest BCUT2D eigenvalue weighted by Gasteiger charge is -2.23. The van der Waals surface area contributed by atoms with Crippen molar-refractivity contribution < 1.29 is 17.9 Å². The minimum Gasteiger partial charge on any atom is -0.494 e. The summed E-state index contributed by atoms with van der Waals surface area (Å²) in [7, 11) is -3.80. The van der Waals surface area contributed by atoms with Crippen LogP contribution in [0.5, 0.6) is 5.75 Å². The molecule has 0 fully saturated rings. The van der Waals surface area contributed by atoms with E-state index < -0.39 is 10.0 Å². The Balaban J connectivity index is 1.79. The number of nitrogens with one attached hydrogen (secondary N) is 3. The summed E-state index contributed by atoms with van der Waals surface area (Å²) in [6.45, 7) is 6.29. The molecule has 0 radical (unpaired) electrons. The lowest BCUT2D eigenvalue weighted by atomic mass is 10.1. The van der Waals surface area contributed by atoms with Crippen molar-refractivity contribution in [3.63, 3.8) is 0 Å². The van der Waals surface area contributed by atoms with Crippen molar-refractivity contribution in [1.29, 1.82) is 5.41 Å². The maximum absolute atomic E-state index is 13.1. The second-order valence-electron chi connectivity index (χ2n) is 7.82. The van der Waals surface area contributed by atoms with Crippen LogP contribution in [0.2, 0.25) is 0 Å². The Morgan fingerprint density at radius 3 is 2.62 bits per heavy atom. The smallest absolute Gasteiger partial charge is 0.326 e. The van der Waals surface area contributed by atoms with E-state index in [1.807, 2.05) is 13.8 Å². The molecule has 8 nitrogen and oxygen atoms in total. The van der Waals surface area contributed by atoms with Crippen molar-refractivity contribution in [3.8, 4) is 5.75 Å². The lowest BCUT2D eigenvalue weighted by molar-refractivity contribution is 0.255. The van der Waals surface area contributed by atoms with E-state index in [0.717, 1.165) is 23.1 Å². The van der Waals surface area contributed by atoms with Crippen LogP contribution in [0.3, 0.4) is 0 Å². The molecule has 1 atom stereocenters. The zero-order valence-corrected chi connectivity index (χ0v) is 20.4. The van der Waals surface area contributed by atoms with Crippen molar-refractivity contribution in [2.45, 2.75) is 38.1 Å². The molecule has 1 aliphatic heterocycles. The molecule has 0 aromatic heterocycles. The Morgan fingerprint density at radius 2 is 1.97 bits per heavy atom. The van der Waals surface area contributed by atoms with Crippen LogP contribution in [0.15, 0.2) is 71.2 Å². The number of anilines is 2. The monoisotopic (exact) mass is 482 g/mol. The highest BCUT2D eigenvalue weighted by Gasteiger charge is 2.32. The quantitative estimate of drug-likeness (QED) is 0.361. The number of hydrogen-bond acceptors (Lipinski definition) is 5. The Kier molecular flexibility index (Phi) is 8.25. The molecule has 0 saturated heterocycles. The third-order valence-corrected chi connectivity index (χ3v) is 6.86. The zero-order valence-electron chi connectivity index (χ0n) is 19.5. The van der Waals surface area contributed by atoms with E-state index in [4.69, 9.17) is 10.1 Å². The van der Waals surface area contributed by atoms with Gasteiger partial charge in [0, 0.05) is 24.5 Å². The highest BCUT2D eigenvalue weighted by atomic mass is 32.2. The first-order valence-electron chi connectivity index (χ1n) is 11.1. The molecule has 180 valence electrons. The number of nitrogens with zero attached hydrogens (tertiary/aromatic N) is 1. The molecule has 0 saturated carbocycles. The largest absolute Gasteiger partial charge is 0.494 e. The SMILES string of the molecule is C/C=C(\C=C/C=N)CNS(=O)(=O)c1ccc2c(c1)N(C(=O)Nc1ccc(OCC)cc1)C(C)C2. The highest BCUT2D eigenvalue weighted by Crippen LogP contribution is 2.34. The van der Waals surface area contributed by atoms with Crippen molar-refractivity contribution >= 4 is 33.6 Å². The number of sulfonamides is 1. The van der Waals surface area contributed by atoms with Crippen LogP contribution in [-0.4, -0.2) is 39.9 Å². The van der Waals surface area contributed by atoms with Gasteiger partial charge in [0.2, 0.25) is 10.0 Å². The maximum Gasteiger partial charge on any atom is 0.326 e. The molecule has 3 N–H and O–H groups in total. The number of carbonyl (C=O) groups excluding carboxylic acids is 1. The average molecular weight is 483 g/mol. The number of allylic oxidation sites excluding steroid dienone is 2. The first-order valence-corrected chi connectivity index (χ1v) is 12.5. The minimum atomic E-state index is -3.80. The van der Waals surface area contributed by atoms with Crippen molar-refractivity contribution in [1.82, 2.24) is 4.72 Å². The van der Waals surface area contributed by atoms with Crippen LogP contribution in [0.1, 0.15) is 26.3 Å². The lowest BCUT2D eigenvalue weighted by Crippen LogP contribution is -2.39. The van der Waals surface area contributed by atoms with Crippen LogP contribution in [-0.2, 0) is 16.4 Å². The van der Waals surface area contributed by atoms with Gasteiger partial charge in [0.1, 0.15) is 5.75 Å². The number of ether oxygens (including phenoxy) is 1. The standard InChI is InChI=1S/C25H30N4O4S/c1-4-19(7-6-14-26)17-27-34(31,32)23-13-8-20-15-18(3)29(24(20)16-23)25(30)28-21-9-11-22(12-10-21)33-5-2/h4,6-14,16,18,26-27H,5,15,17H2,1-3H3,(H,28,30)/b7-6-,19-4+,26-14?. The molecule has 1 aliphatic rings. The van der Waals surface area contributed by atoms with E-state index in [2.05, 4.69) is 10.0 Å². The number of benzene rings is 2. The fourth-order valence-corrected chi connectivity index (χ4v) is 4.78. The van der Waals surface area contributed by atoms with Gasteiger partial charge in [-0.3, -0.25) is 4.90 Å². The Bertz CT molecular complexity index is 1200. The molecule has 1 heterocycles. The Morgan fingerprint density at radius 1 is 1.24 bits per heavy atom. The van der Waals surface area contributed by atoms with Crippen LogP contribution in [0.25, 0.3) is 0 Å². The van der Waals surface area contributed by atoms with Crippen molar-refractivity contribution in [2.24, 2.45) is 0 Å². The second-order valence-corrected chi connectivity index (χ2v) is 9.58. The first-order chi connectivity index (χ1) is 16.3. The normalized spacial score (nSPS) is 15.9. The van der Waals surface area contributed by atoms with Crippen LogP contribution in [0, 0.1) is 5.41 Å². The molecule has 0 bridgehead atoms.